The lowest BCUT2D eigenvalue weighted by molar-refractivity contribution is 0.0698. The van der Waals surface area contributed by atoms with E-state index >= 15 is 0 Å². The van der Waals surface area contributed by atoms with Gasteiger partial charge < -0.3 is 15.3 Å². The van der Waals surface area contributed by atoms with Crippen molar-refractivity contribution in [1.29, 1.82) is 0 Å². The minimum Gasteiger partial charge on any atom is -0.478 e. The van der Waals surface area contributed by atoms with Crippen LogP contribution in [0.3, 0.4) is 0 Å². The molecule has 0 aliphatic carbocycles. The van der Waals surface area contributed by atoms with E-state index < -0.39 is 5.97 Å². The molecule has 1 aromatic rings. The molecule has 2 amide bonds. The van der Waals surface area contributed by atoms with Gasteiger partial charge in [-0.15, -0.1) is 0 Å². The van der Waals surface area contributed by atoms with Crippen LogP contribution in [0.2, 0.25) is 0 Å². The number of anilines is 1. The summed E-state index contributed by atoms with van der Waals surface area (Å²) >= 11 is 5.00. The normalized spacial score (nSPS) is 11.8. The fourth-order valence-electron chi connectivity index (χ4n) is 1.71. The number of rotatable bonds is 6. The summed E-state index contributed by atoms with van der Waals surface area (Å²) in [6.45, 7) is 1.97. The molecule has 1 atom stereocenters. The molecule has 0 saturated carbocycles. The molecule has 0 radical (unpaired) electrons. The number of aromatic carboxylic acids is 1. The van der Waals surface area contributed by atoms with Gasteiger partial charge in [0.15, 0.2) is 0 Å². The van der Waals surface area contributed by atoms with Gasteiger partial charge in [-0.25, -0.2) is 9.59 Å². The number of hydrogen-bond donors (Lipinski definition) is 2. The highest BCUT2D eigenvalue weighted by molar-refractivity contribution is 9.10. The van der Waals surface area contributed by atoms with Crippen molar-refractivity contribution in [3.05, 3.63) is 28.2 Å². The quantitative estimate of drug-likeness (QED) is 0.795. The van der Waals surface area contributed by atoms with Crippen LogP contribution in [0.4, 0.5) is 10.5 Å². The fourth-order valence-corrected chi connectivity index (χ4v) is 2.75. The molecule has 0 saturated heterocycles. The van der Waals surface area contributed by atoms with Gasteiger partial charge in [-0.3, -0.25) is 0 Å². The highest BCUT2D eigenvalue weighted by atomic mass is 79.9. The number of carboxylic acids is 1. The second-order valence-electron chi connectivity index (χ2n) is 4.64. The number of para-hydroxylation sites is 1. The molecule has 2 N–H and O–H groups in total. The van der Waals surface area contributed by atoms with Gasteiger partial charge in [0, 0.05) is 17.6 Å². The molecule has 5 nitrogen and oxygen atoms in total. The van der Waals surface area contributed by atoms with E-state index in [9.17, 15) is 14.7 Å². The van der Waals surface area contributed by atoms with Crippen LogP contribution in [0.15, 0.2) is 22.7 Å². The van der Waals surface area contributed by atoms with Gasteiger partial charge >= 0.3 is 12.0 Å². The fraction of sp³-hybridized carbons (Fsp3) is 0.429. The summed E-state index contributed by atoms with van der Waals surface area (Å²) in [5.74, 6) is -0.113. The summed E-state index contributed by atoms with van der Waals surface area (Å²) in [6.07, 6.45) is 2.90. The van der Waals surface area contributed by atoms with Crippen molar-refractivity contribution in [1.82, 2.24) is 4.90 Å². The zero-order valence-electron chi connectivity index (χ0n) is 12.2. The number of halogens is 1. The molecule has 1 unspecified atom stereocenters. The first kappa shape index (κ1) is 17.8. The van der Waals surface area contributed by atoms with Crippen molar-refractivity contribution < 1.29 is 14.7 Å². The van der Waals surface area contributed by atoms with Gasteiger partial charge in [-0.2, -0.15) is 11.8 Å². The van der Waals surface area contributed by atoms with Crippen molar-refractivity contribution in [3.63, 3.8) is 0 Å². The Kier molecular flexibility index (Phi) is 7.04. The first-order chi connectivity index (χ1) is 9.88. The zero-order chi connectivity index (χ0) is 16.0. The van der Waals surface area contributed by atoms with E-state index in [1.807, 2.05) is 13.2 Å². The van der Waals surface area contributed by atoms with E-state index in [-0.39, 0.29) is 23.3 Å². The monoisotopic (exact) mass is 374 g/mol. The molecule has 1 rings (SSSR count). The number of amides is 2. The lowest BCUT2D eigenvalue weighted by Gasteiger charge is -2.25. The largest absolute Gasteiger partial charge is 0.478 e. The number of urea groups is 1. The minimum absolute atomic E-state index is 0.0582. The third kappa shape index (κ3) is 4.93. The topological polar surface area (TPSA) is 69.6 Å². The summed E-state index contributed by atoms with van der Waals surface area (Å²) in [5, 5.41) is 11.8. The maximum absolute atomic E-state index is 12.2. The number of thioether (sulfide) groups is 1. The summed E-state index contributed by atoms with van der Waals surface area (Å²) in [4.78, 5) is 25.0. The molecule has 0 bridgehead atoms. The summed E-state index contributed by atoms with van der Waals surface area (Å²) in [6, 6.07) is 4.53. The molecule has 0 heterocycles. The number of benzene rings is 1. The first-order valence-corrected chi connectivity index (χ1v) is 8.61. The Morgan fingerprint density at radius 1 is 1.48 bits per heavy atom. The van der Waals surface area contributed by atoms with Gasteiger partial charge in [0.2, 0.25) is 0 Å². The Bertz CT molecular complexity index is 525. The van der Waals surface area contributed by atoms with Crippen LogP contribution in [0.1, 0.15) is 23.7 Å². The minimum atomic E-state index is -1.08. The molecule has 1 aromatic carbocycles. The smallest absolute Gasteiger partial charge is 0.337 e. The van der Waals surface area contributed by atoms with E-state index in [1.54, 1.807) is 35.8 Å². The maximum atomic E-state index is 12.2. The van der Waals surface area contributed by atoms with Crippen LogP contribution in [0, 0.1) is 0 Å². The number of carbonyl (C=O) groups excluding carboxylic acids is 1. The summed E-state index contributed by atoms with van der Waals surface area (Å²) in [7, 11) is 1.71. The van der Waals surface area contributed by atoms with Gasteiger partial charge in [-0.05, 0) is 53.4 Å². The number of hydrogen-bond acceptors (Lipinski definition) is 3. The highest BCUT2D eigenvalue weighted by Crippen LogP contribution is 2.27. The lowest BCUT2D eigenvalue weighted by atomic mass is 10.2. The van der Waals surface area contributed by atoms with E-state index in [0.29, 0.717) is 4.47 Å². The van der Waals surface area contributed by atoms with Gasteiger partial charge in [0.25, 0.3) is 0 Å². The SMILES string of the molecule is CSCCC(C)N(C)C(=O)Nc1c(Br)cccc1C(=O)O. The molecule has 21 heavy (non-hydrogen) atoms. The van der Waals surface area contributed by atoms with Crippen molar-refractivity contribution in [2.75, 3.05) is 24.4 Å². The molecule has 0 spiro atoms. The van der Waals surface area contributed by atoms with Gasteiger partial charge in [-0.1, -0.05) is 6.07 Å². The number of carboxylic acid groups (broad SMARTS) is 1. The van der Waals surface area contributed by atoms with Crippen LogP contribution in [0.5, 0.6) is 0 Å². The second-order valence-corrected chi connectivity index (χ2v) is 6.48. The first-order valence-electron chi connectivity index (χ1n) is 6.43. The van der Waals surface area contributed by atoms with Gasteiger partial charge in [0.1, 0.15) is 0 Å². The average molecular weight is 375 g/mol. The molecule has 116 valence electrons. The molecular weight excluding hydrogens is 356 g/mol. The summed E-state index contributed by atoms with van der Waals surface area (Å²) < 4.78 is 0.543. The standard InChI is InChI=1S/C14H19BrN2O3S/c1-9(7-8-21-3)17(2)14(20)16-12-10(13(18)19)5-4-6-11(12)15/h4-6,9H,7-8H2,1-3H3,(H,16,20)(H,18,19). The molecular formula is C14H19BrN2O3S. The Morgan fingerprint density at radius 3 is 2.71 bits per heavy atom. The van der Waals surface area contributed by atoms with Crippen molar-refractivity contribution in [2.24, 2.45) is 0 Å². The van der Waals surface area contributed by atoms with E-state index in [0.717, 1.165) is 12.2 Å². The van der Waals surface area contributed by atoms with Crippen LogP contribution < -0.4 is 5.32 Å². The number of nitrogens with zero attached hydrogens (tertiary/aromatic N) is 1. The Morgan fingerprint density at radius 2 is 2.14 bits per heavy atom. The molecule has 0 aromatic heterocycles. The Labute approximate surface area is 137 Å². The lowest BCUT2D eigenvalue weighted by Crippen LogP contribution is -2.38. The maximum Gasteiger partial charge on any atom is 0.337 e. The van der Waals surface area contributed by atoms with Crippen molar-refractivity contribution in [2.45, 2.75) is 19.4 Å². The van der Waals surface area contributed by atoms with Crippen LogP contribution >= 0.6 is 27.7 Å². The molecule has 0 aliphatic heterocycles. The number of nitrogens with one attached hydrogen (secondary N) is 1. The molecule has 7 heteroatoms. The van der Waals surface area contributed by atoms with Crippen LogP contribution in [-0.4, -0.2) is 47.1 Å². The highest BCUT2D eigenvalue weighted by Gasteiger charge is 2.19. The zero-order valence-corrected chi connectivity index (χ0v) is 14.6. The third-order valence-corrected chi connectivity index (χ3v) is 4.50. The predicted octanol–water partition coefficient (Wildman–Crippen LogP) is 3.75. The van der Waals surface area contributed by atoms with E-state index in [2.05, 4.69) is 21.2 Å². The third-order valence-electron chi connectivity index (χ3n) is 3.20. The molecule has 0 fully saturated rings. The van der Waals surface area contributed by atoms with Crippen LogP contribution in [0.25, 0.3) is 0 Å². The Balaban J connectivity index is 2.86. The van der Waals surface area contributed by atoms with Crippen molar-refractivity contribution >= 4 is 45.4 Å². The Hall–Kier alpha value is -1.21. The predicted molar refractivity (Wildman–Crippen MR) is 90.3 cm³/mol. The number of carbonyl (C=O) groups is 2. The van der Waals surface area contributed by atoms with E-state index in [4.69, 9.17) is 0 Å². The van der Waals surface area contributed by atoms with Crippen LogP contribution in [-0.2, 0) is 0 Å². The summed E-state index contributed by atoms with van der Waals surface area (Å²) in [5.41, 5.74) is 0.335. The molecule has 0 aliphatic rings. The van der Waals surface area contributed by atoms with Crippen molar-refractivity contribution in [3.8, 4) is 0 Å². The van der Waals surface area contributed by atoms with Gasteiger partial charge in [0.05, 0.1) is 11.3 Å². The second kappa shape index (κ2) is 8.29. The average Bonchev–Trinajstić information content (AvgIpc) is 2.45. The van der Waals surface area contributed by atoms with E-state index in [1.165, 1.54) is 6.07 Å².